The maximum atomic E-state index is 11.6. The molecule has 1 aliphatic heterocycles. The van der Waals surface area contributed by atoms with Gasteiger partial charge in [0.05, 0.1) is 6.54 Å². The third-order valence-corrected chi connectivity index (χ3v) is 3.80. The van der Waals surface area contributed by atoms with E-state index < -0.39 is 0 Å². The largest absolute Gasteiger partial charge is 0.353 e. The second kappa shape index (κ2) is 6.03. The first-order valence-corrected chi connectivity index (χ1v) is 6.33. The fourth-order valence-corrected chi connectivity index (χ4v) is 3.10. The fourth-order valence-electron chi connectivity index (χ4n) is 3.10. The third-order valence-electron chi connectivity index (χ3n) is 3.80. The van der Waals surface area contributed by atoms with E-state index in [2.05, 4.69) is 10.2 Å². The zero-order chi connectivity index (χ0) is 11.7. The summed E-state index contributed by atoms with van der Waals surface area (Å²) < 4.78 is 0. The molecule has 1 saturated carbocycles. The molecule has 5 heteroatoms. The van der Waals surface area contributed by atoms with Gasteiger partial charge in [-0.2, -0.15) is 0 Å². The van der Waals surface area contributed by atoms with E-state index in [0.29, 0.717) is 18.5 Å². The molecule has 4 nitrogen and oxygen atoms in total. The van der Waals surface area contributed by atoms with Gasteiger partial charge < -0.3 is 11.1 Å². The van der Waals surface area contributed by atoms with E-state index in [4.69, 9.17) is 5.73 Å². The number of carbonyl (C=O) groups excluding carboxylic acids is 1. The predicted molar refractivity (Wildman–Crippen MR) is 71.2 cm³/mol. The Hall–Kier alpha value is -0.320. The highest BCUT2D eigenvalue weighted by Crippen LogP contribution is 2.36. The van der Waals surface area contributed by atoms with Crippen molar-refractivity contribution in [3.63, 3.8) is 0 Å². The van der Waals surface area contributed by atoms with Crippen LogP contribution in [-0.2, 0) is 4.79 Å². The SMILES string of the molecule is CC(C)NC(=O)CN1CC2CCC(N)C2C1.Cl. The summed E-state index contributed by atoms with van der Waals surface area (Å²) in [7, 11) is 0. The molecule has 2 aliphatic rings. The molecule has 1 saturated heterocycles. The van der Waals surface area contributed by atoms with Gasteiger partial charge in [0.2, 0.25) is 5.91 Å². The van der Waals surface area contributed by atoms with E-state index >= 15 is 0 Å². The summed E-state index contributed by atoms with van der Waals surface area (Å²) in [5.74, 6) is 1.51. The molecule has 17 heavy (non-hydrogen) atoms. The van der Waals surface area contributed by atoms with Crippen LogP contribution in [0, 0.1) is 11.8 Å². The van der Waals surface area contributed by atoms with Crippen LogP contribution in [0.2, 0.25) is 0 Å². The number of likely N-dealkylation sites (tertiary alicyclic amines) is 1. The number of amides is 1. The second-order valence-corrected chi connectivity index (χ2v) is 5.58. The van der Waals surface area contributed by atoms with Gasteiger partial charge in [0, 0.05) is 25.2 Å². The number of carbonyl (C=O) groups is 1. The molecule has 0 bridgehead atoms. The van der Waals surface area contributed by atoms with Crippen LogP contribution in [0.3, 0.4) is 0 Å². The molecule has 3 atom stereocenters. The minimum absolute atomic E-state index is 0. The zero-order valence-electron chi connectivity index (χ0n) is 10.7. The summed E-state index contributed by atoms with van der Waals surface area (Å²) in [6, 6.07) is 0.597. The van der Waals surface area contributed by atoms with E-state index in [0.717, 1.165) is 19.0 Å². The molecule has 3 unspecified atom stereocenters. The fraction of sp³-hybridized carbons (Fsp3) is 0.917. The molecule has 1 aliphatic carbocycles. The first-order chi connectivity index (χ1) is 7.56. The molecule has 1 amide bonds. The normalized spacial score (nSPS) is 32.4. The monoisotopic (exact) mass is 261 g/mol. The van der Waals surface area contributed by atoms with Gasteiger partial charge in [-0.15, -0.1) is 12.4 Å². The van der Waals surface area contributed by atoms with E-state index in [1.165, 1.54) is 12.8 Å². The predicted octanol–water partition coefficient (Wildman–Crippen LogP) is 0.602. The van der Waals surface area contributed by atoms with Crippen molar-refractivity contribution < 1.29 is 4.79 Å². The Morgan fingerprint density at radius 3 is 2.71 bits per heavy atom. The van der Waals surface area contributed by atoms with Crippen molar-refractivity contribution in [2.75, 3.05) is 19.6 Å². The first-order valence-electron chi connectivity index (χ1n) is 6.33. The highest BCUT2D eigenvalue weighted by molar-refractivity contribution is 5.85. The van der Waals surface area contributed by atoms with Gasteiger partial charge in [-0.1, -0.05) is 0 Å². The average Bonchev–Trinajstić information content (AvgIpc) is 2.67. The van der Waals surface area contributed by atoms with Crippen molar-refractivity contribution in [2.24, 2.45) is 17.6 Å². The molecule has 0 aromatic heterocycles. The number of nitrogens with one attached hydrogen (secondary N) is 1. The summed E-state index contributed by atoms with van der Waals surface area (Å²) >= 11 is 0. The third kappa shape index (κ3) is 3.57. The summed E-state index contributed by atoms with van der Waals surface area (Å²) in [5.41, 5.74) is 6.07. The second-order valence-electron chi connectivity index (χ2n) is 5.58. The lowest BCUT2D eigenvalue weighted by Gasteiger charge is -2.18. The summed E-state index contributed by atoms with van der Waals surface area (Å²) in [6.07, 6.45) is 2.41. The first kappa shape index (κ1) is 14.7. The Balaban J connectivity index is 0.00000144. The average molecular weight is 262 g/mol. The summed E-state index contributed by atoms with van der Waals surface area (Å²) in [4.78, 5) is 13.9. The summed E-state index contributed by atoms with van der Waals surface area (Å²) in [6.45, 7) is 6.60. The van der Waals surface area contributed by atoms with Gasteiger partial charge in [-0.25, -0.2) is 0 Å². The number of rotatable bonds is 3. The molecule has 0 radical (unpaired) electrons. The molecule has 0 aromatic carbocycles. The van der Waals surface area contributed by atoms with E-state index in [9.17, 15) is 4.79 Å². The number of hydrogen-bond acceptors (Lipinski definition) is 3. The Morgan fingerprint density at radius 2 is 2.12 bits per heavy atom. The van der Waals surface area contributed by atoms with Crippen molar-refractivity contribution >= 4 is 18.3 Å². The molecule has 2 rings (SSSR count). The number of halogens is 1. The van der Waals surface area contributed by atoms with Crippen LogP contribution in [0.25, 0.3) is 0 Å². The Kier molecular flexibility index (Phi) is 5.22. The molecular weight excluding hydrogens is 238 g/mol. The number of nitrogens with zero attached hydrogens (tertiary/aromatic N) is 1. The molecule has 0 aromatic rings. The number of hydrogen-bond donors (Lipinski definition) is 2. The zero-order valence-corrected chi connectivity index (χ0v) is 11.5. The van der Waals surface area contributed by atoms with E-state index in [1.54, 1.807) is 0 Å². The van der Waals surface area contributed by atoms with Gasteiger partial charge in [0.15, 0.2) is 0 Å². The smallest absolute Gasteiger partial charge is 0.234 e. The van der Waals surface area contributed by atoms with Crippen LogP contribution < -0.4 is 11.1 Å². The lowest BCUT2D eigenvalue weighted by atomic mass is 9.98. The maximum Gasteiger partial charge on any atom is 0.234 e. The van der Waals surface area contributed by atoms with E-state index in [-0.39, 0.29) is 24.4 Å². The quantitative estimate of drug-likeness (QED) is 0.782. The van der Waals surface area contributed by atoms with Gasteiger partial charge in [-0.3, -0.25) is 9.69 Å². The Bertz CT molecular complexity index is 272. The molecule has 0 spiro atoms. The molecule has 1 heterocycles. The van der Waals surface area contributed by atoms with Crippen molar-refractivity contribution in [2.45, 2.75) is 38.8 Å². The highest BCUT2D eigenvalue weighted by atomic mass is 35.5. The van der Waals surface area contributed by atoms with Crippen LogP contribution in [0.1, 0.15) is 26.7 Å². The Labute approximate surface area is 110 Å². The number of nitrogens with two attached hydrogens (primary N) is 1. The highest BCUT2D eigenvalue weighted by Gasteiger charge is 2.41. The molecule has 3 N–H and O–H groups in total. The van der Waals surface area contributed by atoms with Gasteiger partial charge in [0.25, 0.3) is 0 Å². The van der Waals surface area contributed by atoms with Crippen LogP contribution in [0.15, 0.2) is 0 Å². The number of fused-ring (bicyclic) bond motifs is 1. The molecule has 100 valence electrons. The lowest BCUT2D eigenvalue weighted by molar-refractivity contribution is -0.122. The van der Waals surface area contributed by atoms with Gasteiger partial charge >= 0.3 is 0 Å². The van der Waals surface area contributed by atoms with Crippen molar-refractivity contribution in [1.29, 1.82) is 0 Å². The van der Waals surface area contributed by atoms with Gasteiger partial charge in [-0.05, 0) is 38.5 Å². The van der Waals surface area contributed by atoms with Crippen LogP contribution >= 0.6 is 12.4 Å². The maximum absolute atomic E-state index is 11.6. The molecular formula is C12H24ClN3O. The Morgan fingerprint density at radius 1 is 1.41 bits per heavy atom. The standard InChI is InChI=1S/C12H23N3O.ClH/c1-8(2)14-12(16)7-15-5-9-3-4-11(13)10(9)6-15;/h8-11H,3-7,13H2,1-2H3,(H,14,16);1H. The van der Waals surface area contributed by atoms with Crippen molar-refractivity contribution in [3.05, 3.63) is 0 Å². The van der Waals surface area contributed by atoms with Crippen LogP contribution in [0.5, 0.6) is 0 Å². The van der Waals surface area contributed by atoms with Crippen molar-refractivity contribution in [3.8, 4) is 0 Å². The molecule has 2 fully saturated rings. The summed E-state index contributed by atoms with van der Waals surface area (Å²) in [5, 5.41) is 2.93. The topological polar surface area (TPSA) is 58.4 Å². The van der Waals surface area contributed by atoms with Gasteiger partial charge in [0.1, 0.15) is 0 Å². The van der Waals surface area contributed by atoms with Crippen LogP contribution in [-0.4, -0.2) is 42.5 Å². The van der Waals surface area contributed by atoms with E-state index in [1.807, 2.05) is 13.8 Å². The van der Waals surface area contributed by atoms with Crippen molar-refractivity contribution in [1.82, 2.24) is 10.2 Å². The van der Waals surface area contributed by atoms with Crippen LogP contribution in [0.4, 0.5) is 0 Å². The minimum Gasteiger partial charge on any atom is -0.353 e. The lowest BCUT2D eigenvalue weighted by Crippen LogP contribution is -2.40. The minimum atomic E-state index is 0.